The Bertz CT molecular complexity index is 748. The molecule has 0 atom stereocenters. The molecule has 2 N–H and O–H groups in total. The van der Waals surface area contributed by atoms with Crippen LogP contribution in [-0.4, -0.2) is 27.1 Å². The average Bonchev–Trinajstić information content (AvgIpc) is 2.46. The maximum Gasteiger partial charge on any atom is 0.263 e. The van der Waals surface area contributed by atoms with Gasteiger partial charge in [-0.3, -0.25) is 9.52 Å². The first-order chi connectivity index (χ1) is 10.0. The standard InChI is InChI=1S/C14H16N2O4S/c1-20-9-8-11-4-2-3-5-13(11)16-21(18,19)12-6-7-14(17)15-10-12/h2-7,10,16H,8-9H2,1H3,(H,15,17). The first-order valence-corrected chi connectivity index (χ1v) is 7.79. The lowest BCUT2D eigenvalue weighted by atomic mass is 10.1. The largest absolute Gasteiger partial charge is 0.384 e. The highest BCUT2D eigenvalue weighted by atomic mass is 32.2. The van der Waals surface area contributed by atoms with E-state index < -0.39 is 10.0 Å². The molecule has 0 fully saturated rings. The molecule has 1 aromatic carbocycles. The fourth-order valence-corrected chi connectivity index (χ4v) is 2.88. The molecule has 1 aromatic heterocycles. The fourth-order valence-electron chi connectivity index (χ4n) is 1.82. The molecule has 2 aromatic rings. The third-order valence-electron chi connectivity index (χ3n) is 2.90. The van der Waals surface area contributed by atoms with Crippen LogP contribution in [0.4, 0.5) is 5.69 Å². The van der Waals surface area contributed by atoms with Gasteiger partial charge in [0.1, 0.15) is 4.90 Å². The van der Waals surface area contributed by atoms with Crippen molar-refractivity contribution in [1.29, 1.82) is 0 Å². The Balaban J connectivity index is 2.28. The van der Waals surface area contributed by atoms with Crippen molar-refractivity contribution in [3.8, 4) is 0 Å². The fraction of sp³-hybridized carbons (Fsp3) is 0.214. The summed E-state index contributed by atoms with van der Waals surface area (Å²) in [6.07, 6.45) is 1.77. The summed E-state index contributed by atoms with van der Waals surface area (Å²) in [5, 5.41) is 0. The van der Waals surface area contributed by atoms with Crippen LogP contribution in [0, 0.1) is 0 Å². The SMILES string of the molecule is COCCc1ccccc1NS(=O)(=O)c1ccc(=O)[nH]c1. The van der Waals surface area contributed by atoms with Crippen molar-refractivity contribution in [3.05, 3.63) is 58.5 Å². The van der Waals surface area contributed by atoms with Crippen LogP contribution in [0.25, 0.3) is 0 Å². The van der Waals surface area contributed by atoms with Crippen molar-refractivity contribution in [2.24, 2.45) is 0 Å². The van der Waals surface area contributed by atoms with Crippen molar-refractivity contribution in [3.63, 3.8) is 0 Å². The number of anilines is 1. The summed E-state index contributed by atoms with van der Waals surface area (Å²) >= 11 is 0. The van der Waals surface area contributed by atoms with E-state index >= 15 is 0 Å². The lowest BCUT2D eigenvalue weighted by molar-refractivity contribution is 0.202. The number of rotatable bonds is 6. The molecule has 21 heavy (non-hydrogen) atoms. The summed E-state index contributed by atoms with van der Waals surface area (Å²) in [5.41, 5.74) is 0.988. The molecular formula is C14H16N2O4S. The van der Waals surface area contributed by atoms with E-state index in [1.54, 1.807) is 19.2 Å². The van der Waals surface area contributed by atoms with Crippen molar-refractivity contribution >= 4 is 15.7 Å². The minimum Gasteiger partial charge on any atom is -0.384 e. The number of sulfonamides is 1. The highest BCUT2D eigenvalue weighted by Gasteiger charge is 2.15. The van der Waals surface area contributed by atoms with Crippen molar-refractivity contribution in [2.45, 2.75) is 11.3 Å². The van der Waals surface area contributed by atoms with Crippen LogP contribution in [0.2, 0.25) is 0 Å². The zero-order valence-electron chi connectivity index (χ0n) is 11.5. The second-order valence-corrected chi connectivity index (χ2v) is 6.08. The van der Waals surface area contributed by atoms with Gasteiger partial charge in [0.25, 0.3) is 10.0 Å². The molecular weight excluding hydrogens is 292 g/mol. The number of ether oxygens (including phenoxy) is 1. The average molecular weight is 308 g/mol. The predicted octanol–water partition coefficient (Wildman–Crippen LogP) is 1.36. The van der Waals surface area contributed by atoms with Crippen LogP contribution >= 0.6 is 0 Å². The van der Waals surface area contributed by atoms with E-state index in [0.717, 1.165) is 5.56 Å². The molecule has 0 radical (unpaired) electrons. The minimum absolute atomic E-state index is 0.00337. The second-order valence-electron chi connectivity index (χ2n) is 4.39. The number of H-pyrrole nitrogens is 1. The molecule has 112 valence electrons. The first kappa shape index (κ1) is 15.3. The topological polar surface area (TPSA) is 88.3 Å². The number of pyridine rings is 1. The molecule has 0 unspecified atom stereocenters. The predicted molar refractivity (Wildman–Crippen MR) is 79.9 cm³/mol. The van der Waals surface area contributed by atoms with Gasteiger partial charge >= 0.3 is 0 Å². The molecule has 1 heterocycles. The summed E-state index contributed by atoms with van der Waals surface area (Å²) in [6.45, 7) is 0.497. The van der Waals surface area contributed by atoms with Gasteiger partial charge in [0, 0.05) is 19.4 Å². The lowest BCUT2D eigenvalue weighted by Gasteiger charge is -2.12. The summed E-state index contributed by atoms with van der Waals surface area (Å²) in [6, 6.07) is 9.55. The Hall–Kier alpha value is -2.12. The van der Waals surface area contributed by atoms with Crippen molar-refractivity contribution in [2.75, 3.05) is 18.4 Å². The van der Waals surface area contributed by atoms with Crippen LogP contribution < -0.4 is 10.3 Å². The van der Waals surface area contributed by atoms with E-state index in [9.17, 15) is 13.2 Å². The quantitative estimate of drug-likeness (QED) is 0.843. The number of aromatic nitrogens is 1. The third kappa shape index (κ3) is 3.93. The zero-order valence-corrected chi connectivity index (χ0v) is 12.3. The molecule has 0 saturated heterocycles. The number of benzene rings is 1. The van der Waals surface area contributed by atoms with Gasteiger partial charge in [0.15, 0.2) is 0 Å². The van der Waals surface area contributed by atoms with Crippen molar-refractivity contribution < 1.29 is 13.2 Å². The molecule has 0 amide bonds. The maximum atomic E-state index is 12.3. The van der Waals surface area contributed by atoms with Gasteiger partial charge in [0.05, 0.1) is 12.3 Å². The van der Waals surface area contributed by atoms with E-state index in [2.05, 4.69) is 9.71 Å². The van der Waals surface area contributed by atoms with Gasteiger partial charge < -0.3 is 9.72 Å². The van der Waals surface area contributed by atoms with Crippen LogP contribution in [0.1, 0.15) is 5.56 Å². The molecule has 0 aliphatic carbocycles. The molecule has 2 rings (SSSR count). The minimum atomic E-state index is -3.74. The third-order valence-corrected chi connectivity index (χ3v) is 4.27. The maximum absolute atomic E-state index is 12.3. The Morgan fingerprint density at radius 1 is 1.19 bits per heavy atom. The highest BCUT2D eigenvalue weighted by molar-refractivity contribution is 7.92. The number of hydrogen-bond donors (Lipinski definition) is 2. The Morgan fingerprint density at radius 2 is 1.95 bits per heavy atom. The first-order valence-electron chi connectivity index (χ1n) is 6.31. The van der Waals surface area contributed by atoms with Gasteiger partial charge in [-0.05, 0) is 24.1 Å². The van der Waals surface area contributed by atoms with Gasteiger partial charge in [0.2, 0.25) is 5.56 Å². The van der Waals surface area contributed by atoms with E-state index in [-0.39, 0.29) is 10.5 Å². The number of hydrogen-bond acceptors (Lipinski definition) is 4. The summed E-state index contributed by atoms with van der Waals surface area (Å²) in [7, 11) is -2.15. The van der Waals surface area contributed by atoms with Gasteiger partial charge in [-0.25, -0.2) is 8.42 Å². The molecule has 6 nitrogen and oxygen atoms in total. The van der Waals surface area contributed by atoms with Crippen LogP contribution in [0.5, 0.6) is 0 Å². The Kier molecular flexibility index (Phi) is 4.77. The number of nitrogens with one attached hydrogen (secondary N) is 2. The van der Waals surface area contributed by atoms with Crippen LogP contribution in [0.15, 0.2) is 52.3 Å². The van der Waals surface area contributed by atoms with Gasteiger partial charge in [-0.2, -0.15) is 0 Å². The molecule has 0 spiro atoms. The number of aromatic amines is 1. The van der Waals surface area contributed by atoms with Crippen molar-refractivity contribution in [1.82, 2.24) is 4.98 Å². The Morgan fingerprint density at radius 3 is 2.62 bits per heavy atom. The molecule has 0 saturated carbocycles. The smallest absolute Gasteiger partial charge is 0.263 e. The molecule has 0 aliphatic heterocycles. The van der Waals surface area contributed by atoms with E-state index in [1.165, 1.54) is 18.3 Å². The van der Waals surface area contributed by atoms with Crippen LogP contribution in [0.3, 0.4) is 0 Å². The van der Waals surface area contributed by atoms with Gasteiger partial charge in [-0.1, -0.05) is 18.2 Å². The highest BCUT2D eigenvalue weighted by Crippen LogP contribution is 2.19. The van der Waals surface area contributed by atoms with Gasteiger partial charge in [-0.15, -0.1) is 0 Å². The monoisotopic (exact) mass is 308 g/mol. The molecule has 7 heteroatoms. The second kappa shape index (κ2) is 6.55. The molecule has 0 aliphatic rings. The number of para-hydroxylation sites is 1. The number of methoxy groups -OCH3 is 1. The zero-order chi connectivity index (χ0) is 15.3. The van der Waals surface area contributed by atoms with E-state index in [4.69, 9.17) is 4.74 Å². The summed E-state index contributed by atoms with van der Waals surface area (Å²) in [5.74, 6) is 0. The van der Waals surface area contributed by atoms with E-state index in [1.807, 2.05) is 12.1 Å². The Labute approximate surface area is 122 Å². The summed E-state index contributed by atoms with van der Waals surface area (Å²) in [4.78, 5) is 13.3. The molecule has 0 bridgehead atoms. The normalized spacial score (nSPS) is 11.3. The van der Waals surface area contributed by atoms with Crippen LogP contribution in [-0.2, 0) is 21.2 Å². The lowest BCUT2D eigenvalue weighted by Crippen LogP contribution is -2.16. The van der Waals surface area contributed by atoms with E-state index in [0.29, 0.717) is 18.7 Å². The summed E-state index contributed by atoms with van der Waals surface area (Å²) < 4.78 is 32.1.